The zero-order valence-corrected chi connectivity index (χ0v) is 20.7. The standard InChI is InChI=1S/C21H17N2.C5H8O2.Ir/c1-21(2)16-9-6-10-18-20(16)23(13-22(18)3)17-12-11-14-7-4-5-8-15(14)19(17)21;1-4(6)3-5(2)7;/h4-11H,1-3H3;3,6H,1-2H3;/q+1;;/b;4-3-;. The molecule has 0 bridgehead atoms. The first kappa shape index (κ1) is 22.8. The Balaban J connectivity index is 0.000000299. The van der Waals surface area contributed by atoms with E-state index >= 15 is 0 Å². The molecule has 3 aromatic rings. The number of carbonyl (C=O) groups is 1. The molecule has 1 N–H and O–H groups in total. The average Bonchev–Trinajstić information content (AvgIpc) is 3.02. The summed E-state index contributed by atoms with van der Waals surface area (Å²) < 4.78 is 4.25. The Hall–Kier alpha value is -2.84. The maximum atomic E-state index is 10.0. The van der Waals surface area contributed by atoms with E-state index in [9.17, 15) is 4.79 Å². The Morgan fingerprint density at radius 1 is 1.13 bits per heavy atom. The zero-order chi connectivity index (χ0) is 21.6. The summed E-state index contributed by atoms with van der Waals surface area (Å²) in [5.41, 5.74) is 6.20. The minimum atomic E-state index is -0.125. The molecule has 2 heterocycles. The number of rotatable bonds is 1. The summed E-state index contributed by atoms with van der Waals surface area (Å²) in [5.74, 6) is -0.0625. The van der Waals surface area contributed by atoms with Gasteiger partial charge in [0.2, 0.25) is 0 Å². The number of benzene rings is 3. The first-order chi connectivity index (χ1) is 14.2. The summed E-state index contributed by atoms with van der Waals surface area (Å²) >= 11 is 0. The van der Waals surface area contributed by atoms with Crippen LogP contribution in [0.1, 0.15) is 38.8 Å². The summed E-state index contributed by atoms with van der Waals surface area (Å²) in [7, 11) is 2.06. The third kappa shape index (κ3) is 3.81. The number of aliphatic hydroxyl groups is 1. The largest absolute Gasteiger partial charge is 0.512 e. The van der Waals surface area contributed by atoms with Crippen LogP contribution in [0.3, 0.4) is 0 Å². The van der Waals surface area contributed by atoms with Gasteiger partial charge in [-0.2, -0.15) is 6.07 Å². The molecule has 5 rings (SSSR count). The van der Waals surface area contributed by atoms with E-state index in [-0.39, 0.29) is 37.1 Å². The Bertz CT molecular complexity index is 1310. The first-order valence-electron chi connectivity index (χ1n) is 9.97. The van der Waals surface area contributed by atoms with Gasteiger partial charge in [0.05, 0.1) is 5.76 Å². The monoisotopic (exact) mass is 590 g/mol. The maximum Gasteiger partial charge on any atom is 0.494 e. The van der Waals surface area contributed by atoms with Gasteiger partial charge in [-0.05, 0) is 19.3 Å². The maximum absolute atomic E-state index is 10.0. The molecule has 0 spiro atoms. The Kier molecular flexibility index (Phi) is 6.16. The minimum Gasteiger partial charge on any atom is -0.512 e. The molecule has 0 atom stereocenters. The van der Waals surface area contributed by atoms with Crippen molar-refractivity contribution in [2.45, 2.75) is 33.1 Å². The molecule has 1 radical (unpaired) electrons. The number of nitrogens with zero attached hydrogens (tertiary/aromatic N) is 2. The predicted octanol–water partition coefficient (Wildman–Crippen LogP) is 5.61. The molecule has 2 aliphatic rings. The van der Waals surface area contributed by atoms with Gasteiger partial charge in [0.15, 0.2) is 12.8 Å². The average molecular weight is 590 g/mol. The molecule has 0 unspecified atom stereocenters. The number of hydrogen-bond donors (Lipinski definition) is 1. The van der Waals surface area contributed by atoms with Crippen LogP contribution < -0.4 is 4.58 Å². The van der Waals surface area contributed by atoms with Gasteiger partial charge in [-0.3, -0.25) is 4.79 Å². The molecule has 4 nitrogen and oxygen atoms in total. The molecule has 0 amide bonds. The molecule has 3 aromatic carbocycles. The van der Waals surface area contributed by atoms with E-state index in [4.69, 9.17) is 5.11 Å². The fraction of sp³-hybridized carbons (Fsp3) is 0.231. The number of para-hydroxylation sites is 1. The summed E-state index contributed by atoms with van der Waals surface area (Å²) in [6, 6.07) is 24.2. The van der Waals surface area contributed by atoms with E-state index in [0.717, 1.165) is 5.69 Å². The molecule has 0 aromatic heterocycles. The van der Waals surface area contributed by atoms with Gasteiger partial charge in [0.25, 0.3) is 11.4 Å². The number of fused-ring (bicyclic) bond motifs is 4. The topological polar surface area (TPSA) is 43.3 Å². The third-order valence-corrected chi connectivity index (χ3v) is 5.62. The van der Waals surface area contributed by atoms with E-state index in [0.29, 0.717) is 0 Å². The van der Waals surface area contributed by atoms with Crippen LogP contribution in [0, 0.1) is 6.07 Å². The molecule has 0 saturated carbocycles. The number of hydrogen-bond acceptors (Lipinski definition) is 2. The van der Waals surface area contributed by atoms with Crippen molar-refractivity contribution in [2.75, 3.05) is 7.05 Å². The van der Waals surface area contributed by atoms with Crippen molar-refractivity contribution in [3.63, 3.8) is 0 Å². The summed E-state index contributed by atoms with van der Waals surface area (Å²) in [4.78, 5) is 10.0. The van der Waals surface area contributed by atoms with Crippen molar-refractivity contribution in [1.29, 1.82) is 0 Å². The third-order valence-electron chi connectivity index (χ3n) is 5.62. The van der Waals surface area contributed by atoms with E-state index < -0.39 is 0 Å². The number of carbonyl (C=O) groups excluding carboxylic acids is 1. The quantitative estimate of drug-likeness (QED) is 0.174. The summed E-state index contributed by atoms with van der Waals surface area (Å²) in [5, 5.41) is 10.9. The second kappa shape index (κ2) is 8.36. The van der Waals surface area contributed by atoms with Crippen LogP contribution in [-0.4, -0.2) is 28.5 Å². The Morgan fingerprint density at radius 3 is 2.48 bits per heavy atom. The molecular weight excluding hydrogens is 565 g/mol. The molecule has 2 aliphatic heterocycles. The van der Waals surface area contributed by atoms with Gasteiger partial charge in [0.1, 0.15) is 5.69 Å². The summed E-state index contributed by atoms with van der Waals surface area (Å²) in [6.07, 6.45) is 1.17. The molecule has 0 saturated heterocycles. The van der Waals surface area contributed by atoms with Crippen LogP contribution in [0.25, 0.3) is 10.8 Å². The van der Waals surface area contributed by atoms with Crippen LogP contribution in [-0.2, 0) is 30.3 Å². The van der Waals surface area contributed by atoms with Gasteiger partial charge in [-0.15, -0.1) is 22.9 Å². The van der Waals surface area contributed by atoms with E-state index in [1.54, 1.807) is 0 Å². The molecule has 0 aliphatic carbocycles. The fourth-order valence-electron chi connectivity index (χ4n) is 4.39. The smallest absolute Gasteiger partial charge is 0.494 e. The molecule has 31 heavy (non-hydrogen) atoms. The van der Waals surface area contributed by atoms with E-state index in [2.05, 4.69) is 90.7 Å². The molecule has 5 heteroatoms. The predicted molar refractivity (Wildman–Crippen MR) is 121 cm³/mol. The van der Waals surface area contributed by atoms with Crippen molar-refractivity contribution < 1.29 is 34.6 Å². The first-order valence-corrected chi connectivity index (χ1v) is 9.97. The van der Waals surface area contributed by atoms with E-state index in [1.165, 1.54) is 53.2 Å². The normalized spacial score (nSPS) is 14.9. The SMILES string of the molecule is CC(=O)/C=C(/C)O.C[N+]1=C=[N+]2c3[c-]cc4ccccc4c3C(C)(C)c3cccc1c32.[Ir]. The van der Waals surface area contributed by atoms with Crippen LogP contribution in [0.2, 0.25) is 0 Å². The van der Waals surface area contributed by atoms with Crippen LogP contribution in [0.5, 0.6) is 0 Å². The second-order valence-corrected chi connectivity index (χ2v) is 8.29. The van der Waals surface area contributed by atoms with Gasteiger partial charge in [0, 0.05) is 37.8 Å². The molecular formula is C26H25IrN2O2+. The van der Waals surface area contributed by atoms with Crippen LogP contribution in [0.15, 0.2) is 60.4 Å². The number of aliphatic hydroxyl groups excluding tert-OH is 1. The molecule has 0 fully saturated rings. The fourth-order valence-corrected chi connectivity index (χ4v) is 4.39. The van der Waals surface area contributed by atoms with Crippen LogP contribution >= 0.6 is 0 Å². The Labute approximate surface area is 196 Å². The van der Waals surface area contributed by atoms with E-state index in [1.807, 2.05) is 0 Å². The number of allylic oxidation sites excluding steroid dienone is 2. The van der Waals surface area contributed by atoms with Crippen molar-refractivity contribution in [2.24, 2.45) is 0 Å². The van der Waals surface area contributed by atoms with Gasteiger partial charge in [-0.25, -0.2) is 0 Å². The summed E-state index contributed by atoms with van der Waals surface area (Å²) in [6.45, 7) is 7.48. The van der Waals surface area contributed by atoms with Gasteiger partial charge in [-0.1, -0.05) is 58.9 Å². The van der Waals surface area contributed by atoms with Crippen molar-refractivity contribution in [3.8, 4) is 0 Å². The van der Waals surface area contributed by atoms with Crippen molar-refractivity contribution in [1.82, 2.24) is 4.58 Å². The minimum absolute atomic E-state index is 0. The zero-order valence-electron chi connectivity index (χ0n) is 18.3. The molecule has 159 valence electrons. The van der Waals surface area contributed by atoms with Crippen molar-refractivity contribution in [3.05, 3.63) is 77.6 Å². The second-order valence-electron chi connectivity index (χ2n) is 8.29. The van der Waals surface area contributed by atoms with Crippen LogP contribution in [0.4, 0.5) is 17.1 Å². The van der Waals surface area contributed by atoms with Crippen molar-refractivity contribution >= 4 is 39.6 Å². The Morgan fingerprint density at radius 2 is 1.84 bits per heavy atom. The number of ketones is 1. The van der Waals surface area contributed by atoms with Gasteiger partial charge < -0.3 is 5.11 Å². The van der Waals surface area contributed by atoms with Gasteiger partial charge >= 0.3 is 6.01 Å².